The van der Waals surface area contributed by atoms with Gasteiger partial charge in [-0.05, 0) is 83.7 Å². The summed E-state index contributed by atoms with van der Waals surface area (Å²) in [5.41, 5.74) is 4.28. The highest BCUT2D eigenvalue weighted by molar-refractivity contribution is 7.92. The van der Waals surface area contributed by atoms with E-state index in [0.717, 1.165) is 22.3 Å². The van der Waals surface area contributed by atoms with Gasteiger partial charge in [0.1, 0.15) is 6.04 Å². The number of hydrogen-bond donors (Lipinski definition) is 1. The molecular formula is C28H41N3O4S. The van der Waals surface area contributed by atoms with E-state index in [-0.39, 0.29) is 24.8 Å². The molecule has 0 fully saturated rings. The van der Waals surface area contributed by atoms with E-state index in [1.807, 2.05) is 77.9 Å². The number of anilines is 1. The number of carbonyl (C=O) groups is 2. The molecule has 0 spiro atoms. The Morgan fingerprint density at radius 2 is 1.58 bits per heavy atom. The Morgan fingerprint density at radius 1 is 0.972 bits per heavy atom. The van der Waals surface area contributed by atoms with Crippen LogP contribution in [-0.2, 0) is 26.2 Å². The lowest BCUT2D eigenvalue weighted by Crippen LogP contribution is -2.52. The first-order valence-electron chi connectivity index (χ1n) is 12.3. The van der Waals surface area contributed by atoms with Crippen molar-refractivity contribution in [1.29, 1.82) is 0 Å². The van der Waals surface area contributed by atoms with Crippen LogP contribution in [0.3, 0.4) is 0 Å². The largest absolute Gasteiger partial charge is 0.350 e. The van der Waals surface area contributed by atoms with E-state index in [9.17, 15) is 18.0 Å². The number of nitrogens with one attached hydrogen (secondary N) is 1. The number of rotatable bonds is 10. The van der Waals surface area contributed by atoms with Crippen LogP contribution in [0.2, 0.25) is 0 Å². The lowest BCUT2D eigenvalue weighted by Gasteiger charge is -2.32. The molecule has 0 aliphatic rings. The highest BCUT2D eigenvalue weighted by Crippen LogP contribution is 2.22. The molecule has 0 aromatic heterocycles. The van der Waals surface area contributed by atoms with Crippen LogP contribution < -0.4 is 9.62 Å². The van der Waals surface area contributed by atoms with Gasteiger partial charge in [0.2, 0.25) is 21.8 Å². The van der Waals surface area contributed by atoms with E-state index in [4.69, 9.17) is 0 Å². The predicted molar refractivity (Wildman–Crippen MR) is 146 cm³/mol. The van der Waals surface area contributed by atoms with Crippen LogP contribution in [0.15, 0.2) is 42.5 Å². The molecule has 0 saturated heterocycles. The molecule has 1 atom stereocenters. The van der Waals surface area contributed by atoms with E-state index in [1.165, 1.54) is 10.6 Å². The third kappa shape index (κ3) is 8.66. The minimum absolute atomic E-state index is 0.121. The molecule has 2 aromatic rings. The molecule has 36 heavy (non-hydrogen) atoms. The molecule has 0 radical (unpaired) electrons. The van der Waals surface area contributed by atoms with Crippen LogP contribution >= 0.6 is 0 Å². The van der Waals surface area contributed by atoms with Gasteiger partial charge in [-0.15, -0.1) is 0 Å². The average Bonchev–Trinajstić information content (AvgIpc) is 2.75. The highest BCUT2D eigenvalue weighted by atomic mass is 32.2. The summed E-state index contributed by atoms with van der Waals surface area (Å²) in [7, 11) is -3.52. The second-order valence-corrected chi connectivity index (χ2v) is 12.5. The monoisotopic (exact) mass is 515 g/mol. The number of sulfonamides is 1. The Labute approximate surface area is 216 Å². The summed E-state index contributed by atoms with van der Waals surface area (Å²) in [6, 6.07) is 12.7. The fraction of sp³-hybridized carbons (Fsp3) is 0.500. The normalized spacial score (nSPS) is 12.7. The number of aryl methyl sites for hydroxylation is 3. The summed E-state index contributed by atoms with van der Waals surface area (Å²) in [5, 5.41) is 2.95. The van der Waals surface area contributed by atoms with Crippen molar-refractivity contribution in [3.05, 3.63) is 64.7 Å². The molecule has 0 aliphatic carbocycles. The quantitative estimate of drug-likeness (QED) is 0.505. The van der Waals surface area contributed by atoms with Gasteiger partial charge in [0.25, 0.3) is 0 Å². The topological polar surface area (TPSA) is 86.8 Å². The van der Waals surface area contributed by atoms with E-state index in [2.05, 4.69) is 5.32 Å². The maximum atomic E-state index is 13.4. The van der Waals surface area contributed by atoms with Crippen LogP contribution in [0.5, 0.6) is 0 Å². The van der Waals surface area contributed by atoms with Gasteiger partial charge in [0.05, 0.1) is 11.9 Å². The highest BCUT2D eigenvalue weighted by Gasteiger charge is 2.28. The molecule has 1 N–H and O–H groups in total. The Hall–Kier alpha value is -2.87. The standard InChI is InChI=1S/C28H41N3O4S/c1-20-11-14-24(15-12-20)19-30(23(4)27(33)29-28(5,6)7)26(32)10-9-17-31(36(8,34)35)25-16-13-21(2)22(3)18-25/h11-16,18,23H,9-10,17,19H2,1-8H3,(H,29,33). The first-order valence-corrected chi connectivity index (χ1v) is 14.2. The van der Waals surface area contributed by atoms with Gasteiger partial charge < -0.3 is 10.2 Å². The summed E-state index contributed by atoms with van der Waals surface area (Å²) < 4.78 is 26.4. The second kappa shape index (κ2) is 11.9. The molecule has 2 amide bonds. The molecule has 0 saturated carbocycles. The number of amides is 2. The fourth-order valence-corrected chi connectivity index (χ4v) is 4.79. The van der Waals surface area contributed by atoms with Crippen molar-refractivity contribution in [1.82, 2.24) is 10.2 Å². The Morgan fingerprint density at radius 3 is 2.11 bits per heavy atom. The maximum Gasteiger partial charge on any atom is 0.242 e. The molecule has 2 rings (SSSR count). The van der Waals surface area contributed by atoms with Crippen LogP contribution in [0.1, 0.15) is 62.8 Å². The van der Waals surface area contributed by atoms with Crippen molar-refractivity contribution in [3.63, 3.8) is 0 Å². The van der Waals surface area contributed by atoms with Crippen LogP contribution in [-0.4, -0.2) is 49.5 Å². The first kappa shape index (κ1) is 29.4. The van der Waals surface area contributed by atoms with Gasteiger partial charge in [0, 0.05) is 25.0 Å². The van der Waals surface area contributed by atoms with Crippen LogP contribution in [0.4, 0.5) is 5.69 Å². The van der Waals surface area contributed by atoms with Gasteiger partial charge in [0.15, 0.2) is 0 Å². The summed E-state index contributed by atoms with van der Waals surface area (Å²) >= 11 is 0. The molecule has 7 nitrogen and oxygen atoms in total. The fourth-order valence-electron chi connectivity index (χ4n) is 3.83. The lowest BCUT2D eigenvalue weighted by molar-refractivity contribution is -0.141. The molecular weight excluding hydrogens is 474 g/mol. The second-order valence-electron chi connectivity index (χ2n) is 10.6. The van der Waals surface area contributed by atoms with E-state index in [0.29, 0.717) is 18.7 Å². The minimum Gasteiger partial charge on any atom is -0.350 e. The number of benzene rings is 2. The SMILES string of the molecule is Cc1ccc(CN(C(=O)CCCN(c2ccc(C)c(C)c2)S(C)(=O)=O)C(C)C(=O)NC(C)(C)C)cc1. The van der Waals surface area contributed by atoms with E-state index >= 15 is 0 Å². The van der Waals surface area contributed by atoms with Crippen molar-refractivity contribution in [3.8, 4) is 0 Å². The summed E-state index contributed by atoms with van der Waals surface area (Å²) in [6.45, 7) is 13.8. The Bertz CT molecular complexity index is 1170. The molecule has 0 bridgehead atoms. The predicted octanol–water partition coefficient (Wildman–Crippen LogP) is 4.49. The third-order valence-corrected chi connectivity index (χ3v) is 7.26. The van der Waals surface area contributed by atoms with Gasteiger partial charge in [-0.3, -0.25) is 13.9 Å². The lowest BCUT2D eigenvalue weighted by atomic mass is 10.1. The van der Waals surface area contributed by atoms with Crippen LogP contribution in [0.25, 0.3) is 0 Å². The van der Waals surface area contributed by atoms with Gasteiger partial charge in [-0.2, -0.15) is 0 Å². The first-order chi connectivity index (χ1) is 16.6. The number of carbonyl (C=O) groups excluding carboxylic acids is 2. The molecule has 2 aromatic carbocycles. The molecule has 198 valence electrons. The van der Waals surface area contributed by atoms with Crippen LogP contribution in [0, 0.1) is 20.8 Å². The molecule has 0 aliphatic heterocycles. The summed E-state index contributed by atoms with van der Waals surface area (Å²) in [4.78, 5) is 27.9. The van der Waals surface area contributed by atoms with Crippen molar-refractivity contribution < 1.29 is 18.0 Å². The van der Waals surface area contributed by atoms with Crippen molar-refractivity contribution >= 4 is 27.5 Å². The summed E-state index contributed by atoms with van der Waals surface area (Å²) in [6.07, 6.45) is 1.62. The number of nitrogens with zero attached hydrogens (tertiary/aromatic N) is 2. The van der Waals surface area contributed by atoms with Crippen molar-refractivity contribution in [2.75, 3.05) is 17.1 Å². The molecule has 8 heteroatoms. The summed E-state index contributed by atoms with van der Waals surface area (Å²) in [5.74, 6) is -0.420. The third-order valence-electron chi connectivity index (χ3n) is 6.07. The zero-order chi connectivity index (χ0) is 27.3. The maximum absolute atomic E-state index is 13.4. The van der Waals surface area contributed by atoms with E-state index < -0.39 is 21.6 Å². The molecule has 1 unspecified atom stereocenters. The van der Waals surface area contributed by atoms with Crippen molar-refractivity contribution in [2.24, 2.45) is 0 Å². The van der Waals surface area contributed by atoms with E-state index in [1.54, 1.807) is 17.9 Å². The Balaban J connectivity index is 2.20. The van der Waals surface area contributed by atoms with Crippen molar-refractivity contribution in [2.45, 2.75) is 79.4 Å². The molecule has 0 heterocycles. The van der Waals surface area contributed by atoms with Gasteiger partial charge in [-0.1, -0.05) is 35.9 Å². The van der Waals surface area contributed by atoms with Gasteiger partial charge in [-0.25, -0.2) is 8.42 Å². The smallest absolute Gasteiger partial charge is 0.242 e. The zero-order valence-electron chi connectivity index (χ0n) is 22.9. The minimum atomic E-state index is -3.52. The Kier molecular flexibility index (Phi) is 9.71. The average molecular weight is 516 g/mol. The zero-order valence-corrected chi connectivity index (χ0v) is 23.7. The number of hydrogen-bond acceptors (Lipinski definition) is 4. The van der Waals surface area contributed by atoms with Gasteiger partial charge >= 0.3 is 0 Å².